The number of nitrogens with one attached hydrogen (secondary N) is 3. The molecule has 2 rings (SSSR count). The van der Waals surface area contributed by atoms with Gasteiger partial charge in [0.2, 0.25) is 11.8 Å². The molecule has 0 saturated heterocycles. The van der Waals surface area contributed by atoms with Gasteiger partial charge in [-0.2, -0.15) is 0 Å². The molecule has 6 nitrogen and oxygen atoms in total. The summed E-state index contributed by atoms with van der Waals surface area (Å²) in [4.78, 5) is 35.7. The molecule has 0 aliphatic rings. The zero-order valence-electron chi connectivity index (χ0n) is 14.6. The first kappa shape index (κ1) is 19.7. The van der Waals surface area contributed by atoms with E-state index in [1.54, 1.807) is 30.3 Å². The van der Waals surface area contributed by atoms with Crippen LogP contribution in [-0.4, -0.2) is 30.8 Å². The first-order valence-corrected chi connectivity index (χ1v) is 8.82. The first-order valence-electron chi connectivity index (χ1n) is 8.03. The SMILES string of the molecule is Cc1ccc(C(=O)NCC(=O)NCC(=O)Nc2ccccc2Br)cc1C. The number of amides is 3. The number of rotatable bonds is 6. The Morgan fingerprint density at radius 2 is 1.58 bits per heavy atom. The Bertz CT molecular complexity index is 837. The molecule has 0 unspecified atom stereocenters. The zero-order valence-corrected chi connectivity index (χ0v) is 16.1. The average molecular weight is 418 g/mol. The van der Waals surface area contributed by atoms with Gasteiger partial charge in [-0.1, -0.05) is 18.2 Å². The van der Waals surface area contributed by atoms with Crippen molar-refractivity contribution in [2.24, 2.45) is 0 Å². The largest absolute Gasteiger partial charge is 0.345 e. The van der Waals surface area contributed by atoms with Gasteiger partial charge >= 0.3 is 0 Å². The van der Waals surface area contributed by atoms with Crippen LogP contribution in [0.15, 0.2) is 46.9 Å². The van der Waals surface area contributed by atoms with Gasteiger partial charge in [0.1, 0.15) is 0 Å². The van der Waals surface area contributed by atoms with Crippen LogP contribution in [0.3, 0.4) is 0 Å². The van der Waals surface area contributed by atoms with E-state index in [1.165, 1.54) is 0 Å². The minimum atomic E-state index is -0.440. The molecule has 136 valence electrons. The molecule has 0 atom stereocenters. The second-order valence-electron chi connectivity index (χ2n) is 5.79. The van der Waals surface area contributed by atoms with Crippen LogP contribution in [0.1, 0.15) is 21.5 Å². The lowest BCUT2D eigenvalue weighted by atomic mass is 10.1. The van der Waals surface area contributed by atoms with Crippen LogP contribution in [0.4, 0.5) is 5.69 Å². The molecular formula is C19H20BrN3O3. The Hall–Kier alpha value is -2.67. The highest BCUT2D eigenvalue weighted by Crippen LogP contribution is 2.20. The molecule has 0 fully saturated rings. The van der Waals surface area contributed by atoms with Gasteiger partial charge in [0.15, 0.2) is 0 Å². The molecule has 7 heteroatoms. The van der Waals surface area contributed by atoms with Crippen LogP contribution in [-0.2, 0) is 9.59 Å². The van der Waals surface area contributed by atoms with Crippen LogP contribution in [0.2, 0.25) is 0 Å². The summed E-state index contributed by atoms with van der Waals surface area (Å²) in [5.41, 5.74) is 3.21. The van der Waals surface area contributed by atoms with E-state index in [1.807, 2.05) is 26.0 Å². The van der Waals surface area contributed by atoms with E-state index >= 15 is 0 Å². The third kappa shape index (κ3) is 5.70. The molecule has 0 aliphatic carbocycles. The lowest BCUT2D eigenvalue weighted by molar-refractivity contribution is -0.123. The minimum Gasteiger partial charge on any atom is -0.345 e. The van der Waals surface area contributed by atoms with E-state index in [2.05, 4.69) is 31.9 Å². The molecule has 0 radical (unpaired) electrons. The fourth-order valence-corrected chi connectivity index (χ4v) is 2.53. The van der Waals surface area contributed by atoms with Crippen molar-refractivity contribution in [3.8, 4) is 0 Å². The molecule has 0 aromatic heterocycles. The van der Waals surface area contributed by atoms with Crippen molar-refractivity contribution in [1.82, 2.24) is 10.6 Å². The number of aryl methyl sites for hydroxylation is 2. The molecule has 3 N–H and O–H groups in total. The molecule has 2 aromatic rings. The summed E-state index contributed by atoms with van der Waals surface area (Å²) in [5.74, 6) is -1.13. The maximum atomic E-state index is 12.1. The maximum absolute atomic E-state index is 12.1. The van der Waals surface area contributed by atoms with Gasteiger partial charge in [0.05, 0.1) is 18.8 Å². The number of anilines is 1. The molecule has 0 spiro atoms. The standard InChI is InChI=1S/C19H20BrN3O3/c1-12-7-8-14(9-13(12)2)19(26)22-10-17(24)21-11-18(25)23-16-6-4-3-5-15(16)20/h3-9H,10-11H2,1-2H3,(H,21,24)(H,22,26)(H,23,25). The van der Waals surface area contributed by atoms with E-state index in [9.17, 15) is 14.4 Å². The van der Waals surface area contributed by atoms with Crippen molar-refractivity contribution < 1.29 is 14.4 Å². The van der Waals surface area contributed by atoms with Gasteiger partial charge < -0.3 is 16.0 Å². The highest BCUT2D eigenvalue weighted by Gasteiger charge is 2.10. The van der Waals surface area contributed by atoms with Crippen molar-refractivity contribution in [2.75, 3.05) is 18.4 Å². The summed E-state index contributed by atoms with van der Waals surface area (Å²) in [6.45, 7) is 3.50. The fraction of sp³-hybridized carbons (Fsp3) is 0.211. The molecule has 0 aliphatic heterocycles. The average Bonchev–Trinajstić information content (AvgIpc) is 2.62. The third-order valence-corrected chi connectivity index (χ3v) is 4.46. The van der Waals surface area contributed by atoms with Crippen LogP contribution >= 0.6 is 15.9 Å². The Balaban J connectivity index is 1.76. The molecule has 0 heterocycles. The van der Waals surface area contributed by atoms with E-state index in [-0.39, 0.29) is 24.9 Å². The number of benzene rings is 2. The van der Waals surface area contributed by atoms with Crippen LogP contribution in [0, 0.1) is 13.8 Å². The highest BCUT2D eigenvalue weighted by atomic mass is 79.9. The molecule has 0 saturated carbocycles. The summed E-state index contributed by atoms with van der Waals surface area (Å²) in [7, 11) is 0. The quantitative estimate of drug-likeness (QED) is 0.674. The Kier molecular flexibility index (Phi) is 6.91. The maximum Gasteiger partial charge on any atom is 0.251 e. The first-order chi connectivity index (χ1) is 12.4. The molecule has 3 amide bonds. The van der Waals surface area contributed by atoms with E-state index < -0.39 is 5.91 Å². The predicted octanol–water partition coefficient (Wildman–Crippen LogP) is 2.55. The van der Waals surface area contributed by atoms with Crippen molar-refractivity contribution in [3.63, 3.8) is 0 Å². The predicted molar refractivity (Wildman–Crippen MR) is 104 cm³/mol. The lowest BCUT2D eigenvalue weighted by Crippen LogP contribution is -2.40. The summed E-state index contributed by atoms with van der Waals surface area (Å²) in [6.07, 6.45) is 0. The summed E-state index contributed by atoms with van der Waals surface area (Å²) >= 11 is 3.33. The summed E-state index contributed by atoms with van der Waals surface area (Å²) in [5, 5.41) is 7.69. The normalized spacial score (nSPS) is 10.1. The second kappa shape index (κ2) is 9.15. The molecule has 0 bridgehead atoms. The summed E-state index contributed by atoms with van der Waals surface area (Å²) in [6, 6.07) is 12.5. The van der Waals surface area contributed by atoms with Gasteiger partial charge in [0.25, 0.3) is 5.91 Å². The lowest BCUT2D eigenvalue weighted by Gasteiger charge is -2.09. The monoisotopic (exact) mass is 417 g/mol. The molecular weight excluding hydrogens is 398 g/mol. The van der Waals surface area contributed by atoms with Crippen LogP contribution < -0.4 is 16.0 Å². The zero-order chi connectivity index (χ0) is 19.1. The number of para-hydroxylation sites is 1. The van der Waals surface area contributed by atoms with Crippen molar-refractivity contribution >= 4 is 39.3 Å². The number of carbonyl (C=O) groups excluding carboxylic acids is 3. The Morgan fingerprint density at radius 1 is 0.885 bits per heavy atom. The minimum absolute atomic E-state index is 0.181. The van der Waals surface area contributed by atoms with E-state index in [0.29, 0.717) is 11.3 Å². The van der Waals surface area contributed by atoms with Crippen molar-refractivity contribution in [2.45, 2.75) is 13.8 Å². The second-order valence-corrected chi connectivity index (χ2v) is 6.64. The van der Waals surface area contributed by atoms with Gasteiger partial charge in [-0.05, 0) is 65.2 Å². The highest BCUT2D eigenvalue weighted by molar-refractivity contribution is 9.10. The number of halogens is 1. The molecule has 2 aromatic carbocycles. The van der Waals surface area contributed by atoms with Gasteiger partial charge in [-0.15, -0.1) is 0 Å². The number of hydrogen-bond acceptors (Lipinski definition) is 3. The van der Waals surface area contributed by atoms with Gasteiger partial charge in [0, 0.05) is 10.0 Å². The van der Waals surface area contributed by atoms with Crippen LogP contribution in [0.25, 0.3) is 0 Å². The van der Waals surface area contributed by atoms with Gasteiger partial charge in [-0.3, -0.25) is 14.4 Å². The van der Waals surface area contributed by atoms with Crippen molar-refractivity contribution in [3.05, 3.63) is 63.6 Å². The Labute approximate surface area is 160 Å². The molecule has 26 heavy (non-hydrogen) atoms. The number of carbonyl (C=O) groups is 3. The summed E-state index contributed by atoms with van der Waals surface area (Å²) < 4.78 is 0.750. The third-order valence-electron chi connectivity index (χ3n) is 3.77. The van der Waals surface area contributed by atoms with Crippen molar-refractivity contribution in [1.29, 1.82) is 0 Å². The van der Waals surface area contributed by atoms with E-state index in [0.717, 1.165) is 15.6 Å². The van der Waals surface area contributed by atoms with E-state index in [4.69, 9.17) is 0 Å². The van der Waals surface area contributed by atoms with Gasteiger partial charge in [-0.25, -0.2) is 0 Å². The topological polar surface area (TPSA) is 87.3 Å². The Morgan fingerprint density at radius 3 is 2.27 bits per heavy atom. The number of hydrogen-bond donors (Lipinski definition) is 3. The van der Waals surface area contributed by atoms with Crippen LogP contribution in [0.5, 0.6) is 0 Å². The fourth-order valence-electron chi connectivity index (χ4n) is 2.14. The smallest absolute Gasteiger partial charge is 0.251 e.